The highest BCUT2D eigenvalue weighted by Gasteiger charge is 2.50. The Morgan fingerprint density at radius 2 is 2.06 bits per heavy atom. The molecule has 0 spiro atoms. The molecule has 1 aliphatic carbocycles. The summed E-state index contributed by atoms with van der Waals surface area (Å²) in [6.45, 7) is 0.403. The molecule has 1 fully saturated rings. The van der Waals surface area contributed by atoms with Crippen LogP contribution >= 0.6 is 0 Å². The first-order valence-electron chi connectivity index (χ1n) is 5.54. The van der Waals surface area contributed by atoms with E-state index in [-0.39, 0.29) is 24.8 Å². The largest absolute Gasteiger partial charge is 0.398 e. The molecule has 90 valence electrons. The first-order chi connectivity index (χ1) is 7.98. The van der Waals surface area contributed by atoms with Gasteiger partial charge in [0.15, 0.2) is 0 Å². The normalized spacial score (nSPS) is 22.5. The van der Waals surface area contributed by atoms with Crippen LogP contribution in [-0.4, -0.2) is 22.8 Å². The Kier molecular flexibility index (Phi) is 1.97. The topological polar surface area (TPSA) is 46.3 Å². The van der Waals surface area contributed by atoms with Crippen LogP contribution in [0.25, 0.3) is 0 Å². The SMILES string of the molecule is Nc1cccc2c1C(=O)N(C1CC(F)(F)C1)C2. The van der Waals surface area contributed by atoms with E-state index in [1.807, 2.05) is 6.07 Å². The molecule has 1 aromatic carbocycles. The summed E-state index contributed by atoms with van der Waals surface area (Å²) >= 11 is 0. The van der Waals surface area contributed by atoms with Crippen LogP contribution in [0.5, 0.6) is 0 Å². The predicted octanol–water partition coefficient (Wildman–Crippen LogP) is 2.02. The molecule has 0 saturated heterocycles. The monoisotopic (exact) mass is 238 g/mol. The van der Waals surface area contributed by atoms with Gasteiger partial charge < -0.3 is 10.6 Å². The van der Waals surface area contributed by atoms with E-state index >= 15 is 0 Å². The van der Waals surface area contributed by atoms with E-state index in [0.717, 1.165) is 5.56 Å². The zero-order valence-electron chi connectivity index (χ0n) is 9.12. The van der Waals surface area contributed by atoms with Crippen molar-refractivity contribution >= 4 is 11.6 Å². The van der Waals surface area contributed by atoms with Crippen LogP contribution in [0.3, 0.4) is 0 Å². The molecule has 1 amide bonds. The number of benzene rings is 1. The molecule has 1 heterocycles. The molecule has 2 aliphatic rings. The standard InChI is InChI=1S/C12H12F2N2O/c13-12(14)4-8(5-12)16-6-7-2-1-3-9(15)10(7)11(16)17/h1-3,8H,4-6,15H2. The number of carbonyl (C=O) groups is 1. The van der Waals surface area contributed by atoms with E-state index in [9.17, 15) is 13.6 Å². The van der Waals surface area contributed by atoms with Crippen molar-refractivity contribution in [1.29, 1.82) is 0 Å². The minimum atomic E-state index is -2.61. The molecule has 0 aromatic heterocycles. The summed E-state index contributed by atoms with van der Waals surface area (Å²) in [5.74, 6) is -2.82. The molecule has 2 N–H and O–H groups in total. The molecule has 1 saturated carbocycles. The number of amides is 1. The highest BCUT2D eigenvalue weighted by molar-refractivity contribution is 6.03. The molecular weight excluding hydrogens is 226 g/mol. The van der Waals surface area contributed by atoms with Gasteiger partial charge in [-0.05, 0) is 11.6 Å². The van der Waals surface area contributed by atoms with Crippen LogP contribution in [0.15, 0.2) is 18.2 Å². The summed E-state index contributed by atoms with van der Waals surface area (Å²) in [5, 5.41) is 0. The third-order valence-electron chi connectivity index (χ3n) is 3.51. The molecule has 3 rings (SSSR count). The number of halogens is 2. The first-order valence-corrected chi connectivity index (χ1v) is 5.54. The molecule has 1 aliphatic heterocycles. The lowest BCUT2D eigenvalue weighted by atomic mass is 9.87. The summed E-state index contributed by atoms with van der Waals surface area (Å²) in [5.41, 5.74) is 7.50. The van der Waals surface area contributed by atoms with Gasteiger partial charge in [-0.25, -0.2) is 8.78 Å². The quantitative estimate of drug-likeness (QED) is 0.761. The van der Waals surface area contributed by atoms with Gasteiger partial charge in [-0.1, -0.05) is 12.1 Å². The molecule has 0 bridgehead atoms. The summed E-state index contributed by atoms with van der Waals surface area (Å²) in [6.07, 6.45) is -0.459. The molecule has 17 heavy (non-hydrogen) atoms. The van der Waals surface area contributed by atoms with Crippen LogP contribution in [-0.2, 0) is 6.54 Å². The van der Waals surface area contributed by atoms with Crippen molar-refractivity contribution in [3.05, 3.63) is 29.3 Å². The zero-order valence-corrected chi connectivity index (χ0v) is 9.12. The molecule has 1 aromatic rings. The number of anilines is 1. The van der Waals surface area contributed by atoms with Gasteiger partial charge >= 0.3 is 0 Å². The van der Waals surface area contributed by atoms with Gasteiger partial charge in [0.2, 0.25) is 0 Å². The Balaban J connectivity index is 1.86. The van der Waals surface area contributed by atoms with Crippen molar-refractivity contribution in [1.82, 2.24) is 4.90 Å². The lowest BCUT2D eigenvalue weighted by molar-refractivity contribution is -0.116. The zero-order chi connectivity index (χ0) is 12.2. The van der Waals surface area contributed by atoms with E-state index in [0.29, 0.717) is 17.8 Å². The number of carbonyl (C=O) groups excluding carboxylic acids is 1. The van der Waals surface area contributed by atoms with Gasteiger partial charge in [0, 0.05) is 31.1 Å². The maximum atomic E-state index is 12.8. The third kappa shape index (κ3) is 1.49. The second-order valence-corrected chi connectivity index (χ2v) is 4.73. The maximum Gasteiger partial charge on any atom is 0.256 e. The van der Waals surface area contributed by atoms with Crippen molar-refractivity contribution in [2.45, 2.75) is 31.4 Å². The minimum absolute atomic E-state index is 0.210. The van der Waals surface area contributed by atoms with Crippen molar-refractivity contribution < 1.29 is 13.6 Å². The maximum absolute atomic E-state index is 12.8. The molecule has 0 unspecified atom stereocenters. The number of hydrogen-bond acceptors (Lipinski definition) is 2. The molecule has 5 heteroatoms. The average molecular weight is 238 g/mol. The van der Waals surface area contributed by atoms with E-state index in [4.69, 9.17) is 5.73 Å². The lowest BCUT2D eigenvalue weighted by Crippen LogP contribution is -2.50. The van der Waals surface area contributed by atoms with Crippen molar-refractivity contribution in [3.63, 3.8) is 0 Å². The Labute approximate surface area is 97.2 Å². The summed E-state index contributed by atoms with van der Waals surface area (Å²) < 4.78 is 25.6. The van der Waals surface area contributed by atoms with E-state index in [1.165, 1.54) is 4.90 Å². The molecule has 0 atom stereocenters. The van der Waals surface area contributed by atoms with Crippen molar-refractivity contribution in [2.24, 2.45) is 0 Å². The fraction of sp³-hybridized carbons (Fsp3) is 0.417. The number of nitrogens with two attached hydrogens (primary N) is 1. The summed E-state index contributed by atoms with van der Waals surface area (Å²) in [4.78, 5) is 13.6. The Hall–Kier alpha value is -1.65. The van der Waals surface area contributed by atoms with Crippen LogP contribution in [0.2, 0.25) is 0 Å². The lowest BCUT2D eigenvalue weighted by Gasteiger charge is -2.40. The van der Waals surface area contributed by atoms with Crippen molar-refractivity contribution in [2.75, 3.05) is 5.73 Å². The van der Waals surface area contributed by atoms with Crippen molar-refractivity contribution in [3.8, 4) is 0 Å². The second kappa shape index (κ2) is 3.18. The fourth-order valence-corrected chi connectivity index (χ4v) is 2.56. The van der Waals surface area contributed by atoms with Gasteiger partial charge in [0.25, 0.3) is 11.8 Å². The van der Waals surface area contributed by atoms with E-state index in [1.54, 1.807) is 12.1 Å². The fourth-order valence-electron chi connectivity index (χ4n) is 2.56. The van der Waals surface area contributed by atoms with Gasteiger partial charge in [-0.15, -0.1) is 0 Å². The number of rotatable bonds is 1. The van der Waals surface area contributed by atoms with E-state index in [2.05, 4.69) is 0 Å². The highest BCUT2D eigenvalue weighted by atomic mass is 19.3. The van der Waals surface area contributed by atoms with Gasteiger partial charge in [0.1, 0.15) is 0 Å². The average Bonchev–Trinajstić information content (AvgIpc) is 2.53. The minimum Gasteiger partial charge on any atom is -0.398 e. The van der Waals surface area contributed by atoms with Gasteiger partial charge in [-0.3, -0.25) is 4.79 Å². The van der Waals surface area contributed by atoms with E-state index < -0.39 is 5.92 Å². The number of fused-ring (bicyclic) bond motifs is 1. The Morgan fingerprint density at radius 3 is 2.65 bits per heavy atom. The molecular formula is C12H12F2N2O. The second-order valence-electron chi connectivity index (χ2n) is 4.73. The third-order valence-corrected chi connectivity index (χ3v) is 3.51. The number of hydrogen-bond donors (Lipinski definition) is 1. The van der Waals surface area contributed by atoms with Gasteiger partial charge in [-0.2, -0.15) is 0 Å². The predicted molar refractivity (Wildman–Crippen MR) is 58.7 cm³/mol. The summed E-state index contributed by atoms with van der Waals surface area (Å²) in [7, 11) is 0. The summed E-state index contributed by atoms with van der Waals surface area (Å²) in [6, 6.07) is 4.92. The smallest absolute Gasteiger partial charge is 0.256 e. The first kappa shape index (κ1) is 10.5. The number of nitrogen functional groups attached to an aromatic ring is 1. The number of nitrogens with zero attached hydrogens (tertiary/aromatic N) is 1. The van der Waals surface area contributed by atoms with Crippen LogP contribution in [0.4, 0.5) is 14.5 Å². The number of alkyl halides is 2. The Morgan fingerprint density at radius 1 is 1.35 bits per heavy atom. The van der Waals surface area contributed by atoms with Gasteiger partial charge in [0.05, 0.1) is 5.56 Å². The highest BCUT2D eigenvalue weighted by Crippen LogP contribution is 2.43. The van der Waals surface area contributed by atoms with Crippen LogP contribution < -0.4 is 5.73 Å². The van der Waals surface area contributed by atoms with Crippen LogP contribution in [0, 0.1) is 0 Å². The Bertz CT molecular complexity index is 493. The van der Waals surface area contributed by atoms with Crippen LogP contribution in [0.1, 0.15) is 28.8 Å². The molecule has 0 radical (unpaired) electrons. The molecule has 3 nitrogen and oxygen atoms in total.